The van der Waals surface area contributed by atoms with E-state index >= 15 is 0 Å². The van der Waals surface area contributed by atoms with Crippen LogP contribution in [-0.4, -0.2) is 22.7 Å². The molecule has 48 valence electrons. The molecule has 8 heavy (non-hydrogen) atoms. The molecule has 2 unspecified atom stereocenters. The molecule has 1 aliphatic heterocycles. The molecule has 0 aliphatic carbocycles. The van der Waals surface area contributed by atoms with Gasteiger partial charge in [0.1, 0.15) is 0 Å². The van der Waals surface area contributed by atoms with Gasteiger partial charge in [0, 0.05) is 5.75 Å². The monoisotopic (exact) mass is 132 g/mol. The summed E-state index contributed by atoms with van der Waals surface area (Å²) >= 11 is 1.86. The zero-order chi connectivity index (χ0) is 5.98. The van der Waals surface area contributed by atoms with Crippen molar-refractivity contribution in [3.8, 4) is 0 Å². The van der Waals surface area contributed by atoms with Crippen LogP contribution < -0.4 is 0 Å². The van der Waals surface area contributed by atoms with Crippen molar-refractivity contribution in [2.75, 3.05) is 11.5 Å². The lowest BCUT2D eigenvalue weighted by molar-refractivity contribution is 0.134. The Labute approximate surface area is 54.5 Å². The van der Waals surface area contributed by atoms with Crippen LogP contribution in [0.15, 0.2) is 0 Å². The van der Waals surface area contributed by atoms with E-state index in [4.69, 9.17) is 5.11 Å². The van der Waals surface area contributed by atoms with E-state index in [1.807, 2.05) is 11.8 Å². The summed E-state index contributed by atoms with van der Waals surface area (Å²) in [6.45, 7) is 2.12. The molecule has 2 heteroatoms. The Morgan fingerprint density at radius 1 is 1.62 bits per heavy atom. The van der Waals surface area contributed by atoms with Gasteiger partial charge in [0.05, 0.1) is 6.10 Å². The zero-order valence-corrected chi connectivity index (χ0v) is 5.95. The van der Waals surface area contributed by atoms with Crippen LogP contribution in [0.4, 0.5) is 0 Å². The lowest BCUT2D eigenvalue weighted by atomic mass is 10.0. The topological polar surface area (TPSA) is 20.2 Å². The minimum atomic E-state index is -0.0336. The van der Waals surface area contributed by atoms with Crippen molar-refractivity contribution < 1.29 is 5.11 Å². The van der Waals surface area contributed by atoms with Crippen molar-refractivity contribution in [3.63, 3.8) is 0 Å². The van der Waals surface area contributed by atoms with Gasteiger partial charge >= 0.3 is 0 Å². The summed E-state index contributed by atoms with van der Waals surface area (Å²) in [5, 5.41) is 9.16. The maximum atomic E-state index is 9.16. The molecule has 1 heterocycles. The van der Waals surface area contributed by atoms with E-state index in [0.29, 0.717) is 5.92 Å². The Hall–Kier alpha value is 0.310. The van der Waals surface area contributed by atoms with Crippen LogP contribution >= 0.6 is 11.8 Å². The average Bonchev–Trinajstić information content (AvgIpc) is 1.77. The standard InChI is InChI=1S/C6H12OS/c1-5-2-3-8-4-6(5)7/h5-7H,2-4H2,1H3. The summed E-state index contributed by atoms with van der Waals surface area (Å²) in [5.74, 6) is 2.72. The summed E-state index contributed by atoms with van der Waals surface area (Å²) in [6, 6.07) is 0. The van der Waals surface area contributed by atoms with Gasteiger partial charge in [-0.1, -0.05) is 6.92 Å². The first-order valence-electron chi connectivity index (χ1n) is 3.06. The van der Waals surface area contributed by atoms with E-state index in [-0.39, 0.29) is 6.10 Å². The third-order valence-electron chi connectivity index (χ3n) is 1.66. The fourth-order valence-electron chi connectivity index (χ4n) is 0.830. The third-order valence-corrected chi connectivity index (χ3v) is 2.76. The molecule has 0 bridgehead atoms. The SMILES string of the molecule is CC1CCSCC1O. The van der Waals surface area contributed by atoms with Gasteiger partial charge in [0.2, 0.25) is 0 Å². The van der Waals surface area contributed by atoms with Crippen LogP contribution in [0.25, 0.3) is 0 Å². The highest BCUT2D eigenvalue weighted by Gasteiger charge is 2.17. The van der Waals surface area contributed by atoms with Crippen LogP contribution in [0.5, 0.6) is 0 Å². The molecule has 1 nitrogen and oxygen atoms in total. The average molecular weight is 132 g/mol. The molecular formula is C6H12OS. The Morgan fingerprint density at radius 3 is 2.75 bits per heavy atom. The molecule has 1 rings (SSSR count). The van der Waals surface area contributed by atoms with Crippen LogP contribution in [0.3, 0.4) is 0 Å². The lowest BCUT2D eigenvalue weighted by Crippen LogP contribution is -2.24. The molecule has 0 saturated carbocycles. The van der Waals surface area contributed by atoms with Crippen molar-refractivity contribution in [2.24, 2.45) is 5.92 Å². The van der Waals surface area contributed by atoms with Crippen LogP contribution in [0.1, 0.15) is 13.3 Å². The molecule has 0 radical (unpaired) electrons. The first-order chi connectivity index (χ1) is 3.80. The number of thioether (sulfide) groups is 1. The van der Waals surface area contributed by atoms with E-state index in [1.54, 1.807) is 0 Å². The van der Waals surface area contributed by atoms with Crippen molar-refractivity contribution in [1.82, 2.24) is 0 Å². The molecule has 1 fully saturated rings. The number of hydrogen-bond donors (Lipinski definition) is 1. The summed E-state index contributed by atoms with van der Waals surface area (Å²) in [5.41, 5.74) is 0. The fraction of sp³-hybridized carbons (Fsp3) is 1.00. The summed E-state index contributed by atoms with van der Waals surface area (Å²) < 4.78 is 0. The second-order valence-corrected chi connectivity index (χ2v) is 3.56. The van der Waals surface area contributed by atoms with E-state index < -0.39 is 0 Å². The van der Waals surface area contributed by atoms with Crippen LogP contribution in [0.2, 0.25) is 0 Å². The summed E-state index contributed by atoms with van der Waals surface area (Å²) in [7, 11) is 0. The molecular weight excluding hydrogens is 120 g/mol. The minimum absolute atomic E-state index is 0.0336. The zero-order valence-electron chi connectivity index (χ0n) is 5.13. The Bertz CT molecular complexity index is 64.9. The number of aliphatic hydroxyl groups excluding tert-OH is 1. The van der Waals surface area contributed by atoms with Crippen LogP contribution in [-0.2, 0) is 0 Å². The van der Waals surface area contributed by atoms with E-state index in [0.717, 1.165) is 5.75 Å². The number of rotatable bonds is 0. The fourth-order valence-corrected chi connectivity index (χ4v) is 2.11. The van der Waals surface area contributed by atoms with Crippen molar-refractivity contribution in [2.45, 2.75) is 19.4 Å². The summed E-state index contributed by atoms with van der Waals surface area (Å²) in [4.78, 5) is 0. The van der Waals surface area contributed by atoms with Crippen LogP contribution in [0, 0.1) is 5.92 Å². The molecule has 1 N–H and O–H groups in total. The van der Waals surface area contributed by atoms with Gasteiger partial charge in [0.25, 0.3) is 0 Å². The predicted octanol–water partition coefficient (Wildman–Crippen LogP) is 1.12. The smallest absolute Gasteiger partial charge is 0.0656 e. The second kappa shape index (κ2) is 2.74. The third kappa shape index (κ3) is 1.39. The molecule has 0 aromatic carbocycles. The maximum Gasteiger partial charge on any atom is 0.0656 e. The predicted molar refractivity (Wildman–Crippen MR) is 37.1 cm³/mol. The van der Waals surface area contributed by atoms with E-state index in [2.05, 4.69) is 6.92 Å². The molecule has 1 aliphatic rings. The Balaban J connectivity index is 2.28. The maximum absolute atomic E-state index is 9.16. The van der Waals surface area contributed by atoms with Gasteiger partial charge in [-0.15, -0.1) is 0 Å². The molecule has 0 aromatic heterocycles. The van der Waals surface area contributed by atoms with Crippen molar-refractivity contribution in [1.29, 1.82) is 0 Å². The molecule has 2 atom stereocenters. The molecule has 0 aromatic rings. The van der Waals surface area contributed by atoms with Gasteiger partial charge < -0.3 is 5.11 Å². The number of hydrogen-bond acceptors (Lipinski definition) is 2. The lowest BCUT2D eigenvalue weighted by Gasteiger charge is -2.22. The van der Waals surface area contributed by atoms with E-state index in [1.165, 1.54) is 12.2 Å². The van der Waals surface area contributed by atoms with Gasteiger partial charge in [0.15, 0.2) is 0 Å². The van der Waals surface area contributed by atoms with Gasteiger partial charge in [-0.2, -0.15) is 11.8 Å². The Morgan fingerprint density at radius 2 is 2.38 bits per heavy atom. The van der Waals surface area contributed by atoms with E-state index in [9.17, 15) is 0 Å². The second-order valence-electron chi connectivity index (χ2n) is 2.41. The van der Waals surface area contributed by atoms with Gasteiger partial charge in [-0.3, -0.25) is 0 Å². The minimum Gasteiger partial charge on any atom is -0.392 e. The highest BCUT2D eigenvalue weighted by Crippen LogP contribution is 2.21. The van der Waals surface area contributed by atoms with Gasteiger partial charge in [-0.25, -0.2) is 0 Å². The normalized spacial score (nSPS) is 39.8. The van der Waals surface area contributed by atoms with Crippen molar-refractivity contribution >= 4 is 11.8 Å². The Kier molecular flexibility index (Phi) is 2.20. The quantitative estimate of drug-likeness (QED) is 0.533. The number of aliphatic hydroxyl groups is 1. The first-order valence-corrected chi connectivity index (χ1v) is 4.22. The van der Waals surface area contributed by atoms with Crippen molar-refractivity contribution in [3.05, 3.63) is 0 Å². The highest BCUT2D eigenvalue weighted by atomic mass is 32.2. The highest BCUT2D eigenvalue weighted by molar-refractivity contribution is 7.99. The molecule has 1 saturated heterocycles. The largest absolute Gasteiger partial charge is 0.392 e. The molecule has 0 spiro atoms. The van der Waals surface area contributed by atoms with Gasteiger partial charge in [-0.05, 0) is 18.1 Å². The molecule has 0 amide bonds. The summed E-state index contributed by atoms with van der Waals surface area (Å²) in [6.07, 6.45) is 1.15. The first kappa shape index (κ1) is 6.43.